The summed E-state index contributed by atoms with van der Waals surface area (Å²) < 4.78 is 0. The molecule has 3 heteroatoms. The van der Waals surface area contributed by atoms with E-state index >= 15 is 0 Å². The zero-order valence-corrected chi connectivity index (χ0v) is 7.45. The Balaban J connectivity index is 3.43. The summed E-state index contributed by atoms with van der Waals surface area (Å²) in [4.78, 5) is 2.05. The molecule has 0 rings (SSSR count). The topological polar surface area (TPSA) is 49.5 Å². The van der Waals surface area contributed by atoms with Gasteiger partial charge in [0.15, 0.2) is 0 Å². The van der Waals surface area contributed by atoms with Crippen molar-refractivity contribution in [3.8, 4) is 0 Å². The summed E-state index contributed by atoms with van der Waals surface area (Å²) in [5.74, 6) is 0. The van der Waals surface area contributed by atoms with Crippen LogP contribution in [-0.4, -0.2) is 42.8 Å². The Morgan fingerprint density at radius 1 is 1.55 bits per heavy atom. The van der Waals surface area contributed by atoms with E-state index in [1.165, 1.54) is 0 Å². The second-order valence-corrected chi connectivity index (χ2v) is 3.11. The van der Waals surface area contributed by atoms with Crippen LogP contribution in [0.1, 0.15) is 12.8 Å². The SMILES string of the molecule is [CH2]CC(O)C(N)CCN(C)C. The zero-order chi connectivity index (χ0) is 8.85. The Morgan fingerprint density at radius 3 is 2.45 bits per heavy atom. The van der Waals surface area contributed by atoms with Crippen LogP contribution in [0, 0.1) is 6.92 Å². The molecule has 0 heterocycles. The fraction of sp³-hybridized carbons (Fsp3) is 0.875. The summed E-state index contributed by atoms with van der Waals surface area (Å²) >= 11 is 0. The van der Waals surface area contributed by atoms with Crippen LogP contribution in [0.2, 0.25) is 0 Å². The van der Waals surface area contributed by atoms with Crippen LogP contribution >= 0.6 is 0 Å². The first kappa shape index (κ1) is 10.9. The van der Waals surface area contributed by atoms with Crippen molar-refractivity contribution in [1.82, 2.24) is 4.90 Å². The Labute approximate surface area is 69.2 Å². The minimum Gasteiger partial charge on any atom is -0.392 e. The average molecular weight is 159 g/mol. The lowest BCUT2D eigenvalue weighted by molar-refractivity contribution is 0.138. The van der Waals surface area contributed by atoms with Gasteiger partial charge in [0.05, 0.1) is 6.10 Å². The number of hydrogen-bond acceptors (Lipinski definition) is 3. The van der Waals surface area contributed by atoms with Crippen LogP contribution in [0.4, 0.5) is 0 Å². The minimum atomic E-state index is -0.449. The van der Waals surface area contributed by atoms with Gasteiger partial charge in [-0.25, -0.2) is 0 Å². The Morgan fingerprint density at radius 2 is 2.09 bits per heavy atom. The molecule has 0 amide bonds. The quantitative estimate of drug-likeness (QED) is 0.586. The molecule has 0 bridgehead atoms. The van der Waals surface area contributed by atoms with Crippen molar-refractivity contribution in [3.63, 3.8) is 0 Å². The molecule has 11 heavy (non-hydrogen) atoms. The monoisotopic (exact) mass is 159 g/mol. The Bertz CT molecular complexity index is 96.1. The molecule has 0 aromatic heterocycles. The molecular weight excluding hydrogens is 140 g/mol. The number of nitrogens with two attached hydrogens (primary N) is 1. The van der Waals surface area contributed by atoms with Crippen molar-refractivity contribution < 1.29 is 5.11 Å². The fourth-order valence-corrected chi connectivity index (χ4v) is 0.814. The number of rotatable bonds is 5. The van der Waals surface area contributed by atoms with Gasteiger partial charge in [-0.2, -0.15) is 0 Å². The van der Waals surface area contributed by atoms with Gasteiger partial charge in [0.25, 0.3) is 0 Å². The maximum atomic E-state index is 9.23. The highest BCUT2D eigenvalue weighted by Gasteiger charge is 2.11. The summed E-state index contributed by atoms with van der Waals surface area (Å²) in [6, 6.07) is -0.130. The van der Waals surface area contributed by atoms with Gasteiger partial charge < -0.3 is 15.7 Å². The van der Waals surface area contributed by atoms with Gasteiger partial charge in [-0.3, -0.25) is 0 Å². The van der Waals surface area contributed by atoms with Crippen molar-refractivity contribution in [3.05, 3.63) is 6.92 Å². The summed E-state index contributed by atoms with van der Waals surface area (Å²) in [5.41, 5.74) is 5.66. The number of aliphatic hydroxyl groups is 1. The predicted molar refractivity (Wildman–Crippen MR) is 47.1 cm³/mol. The maximum Gasteiger partial charge on any atom is 0.0691 e. The van der Waals surface area contributed by atoms with E-state index in [9.17, 15) is 5.11 Å². The Kier molecular flexibility index (Phi) is 5.46. The second-order valence-electron chi connectivity index (χ2n) is 3.11. The van der Waals surface area contributed by atoms with Gasteiger partial charge in [0.2, 0.25) is 0 Å². The lowest BCUT2D eigenvalue weighted by atomic mass is 10.1. The highest BCUT2D eigenvalue weighted by molar-refractivity contribution is 4.73. The summed E-state index contributed by atoms with van der Waals surface area (Å²) in [5, 5.41) is 9.23. The smallest absolute Gasteiger partial charge is 0.0691 e. The highest BCUT2D eigenvalue weighted by atomic mass is 16.3. The van der Waals surface area contributed by atoms with Gasteiger partial charge in [-0.05, 0) is 33.5 Å². The fourth-order valence-electron chi connectivity index (χ4n) is 0.814. The third kappa shape index (κ3) is 5.18. The normalized spacial score (nSPS) is 16.9. The summed E-state index contributed by atoms with van der Waals surface area (Å²) in [6.07, 6.45) is 0.869. The van der Waals surface area contributed by atoms with Crippen LogP contribution in [0.5, 0.6) is 0 Å². The van der Waals surface area contributed by atoms with Crippen molar-refractivity contribution in [2.45, 2.75) is 25.0 Å². The van der Waals surface area contributed by atoms with Crippen LogP contribution in [0.25, 0.3) is 0 Å². The van der Waals surface area contributed by atoms with E-state index in [1.54, 1.807) is 0 Å². The van der Waals surface area contributed by atoms with E-state index in [0.29, 0.717) is 6.42 Å². The average Bonchev–Trinajstić information content (AvgIpc) is 1.98. The first-order valence-corrected chi connectivity index (χ1v) is 3.95. The third-order valence-electron chi connectivity index (χ3n) is 1.70. The molecule has 1 radical (unpaired) electrons. The summed E-state index contributed by atoms with van der Waals surface area (Å²) in [7, 11) is 3.98. The predicted octanol–water partition coefficient (Wildman–Crippen LogP) is -0.150. The molecule has 2 unspecified atom stereocenters. The van der Waals surface area contributed by atoms with Crippen LogP contribution in [0.3, 0.4) is 0 Å². The van der Waals surface area contributed by atoms with E-state index < -0.39 is 6.10 Å². The largest absolute Gasteiger partial charge is 0.392 e. The van der Waals surface area contributed by atoms with Crippen LogP contribution in [-0.2, 0) is 0 Å². The molecule has 0 aliphatic carbocycles. The lowest BCUT2D eigenvalue weighted by Crippen LogP contribution is -2.36. The molecule has 3 N–H and O–H groups in total. The van der Waals surface area contributed by atoms with E-state index in [1.807, 2.05) is 14.1 Å². The number of nitrogens with zero attached hydrogens (tertiary/aromatic N) is 1. The maximum absolute atomic E-state index is 9.23. The van der Waals surface area contributed by atoms with Crippen molar-refractivity contribution in [2.75, 3.05) is 20.6 Å². The van der Waals surface area contributed by atoms with E-state index in [-0.39, 0.29) is 6.04 Å². The molecule has 67 valence electrons. The highest BCUT2D eigenvalue weighted by Crippen LogP contribution is 1.99. The van der Waals surface area contributed by atoms with Crippen LogP contribution in [0.15, 0.2) is 0 Å². The molecule has 0 aromatic carbocycles. The molecule has 3 nitrogen and oxygen atoms in total. The lowest BCUT2D eigenvalue weighted by Gasteiger charge is -2.19. The summed E-state index contributed by atoms with van der Waals surface area (Å²) in [6.45, 7) is 4.51. The number of hydrogen-bond donors (Lipinski definition) is 2. The molecule has 0 saturated carbocycles. The van der Waals surface area contributed by atoms with E-state index in [2.05, 4.69) is 11.8 Å². The third-order valence-corrected chi connectivity index (χ3v) is 1.70. The zero-order valence-electron chi connectivity index (χ0n) is 7.45. The Hall–Kier alpha value is -0.120. The first-order chi connectivity index (χ1) is 5.07. The molecule has 0 aromatic rings. The molecule has 0 aliphatic heterocycles. The molecular formula is C8H19N2O. The molecule has 2 atom stereocenters. The van der Waals surface area contributed by atoms with Crippen molar-refractivity contribution >= 4 is 0 Å². The van der Waals surface area contributed by atoms with Crippen LogP contribution < -0.4 is 5.73 Å². The van der Waals surface area contributed by atoms with Gasteiger partial charge in [0.1, 0.15) is 0 Å². The van der Waals surface area contributed by atoms with Gasteiger partial charge in [-0.15, -0.1) is 0 Å². The van der Waals surface area contributed by atoms with E-state index in [0.717, 1.165) is 13.0 Å². The standard InChI is InChI=1S/C8H19N2O/c1-4-8(11)7(9)5-6-10(2)3/h7-8,11H,1,4-6,9H2,2-3H3. The first-order valence-electron chi connectivity index (χ1n) is 3.95. The van der Waals surface area contributed by atoms with Gasteiger partial charge in [-0.1, -0.05) is 6.92 Å². The molecule has 0 aliphatic rings. The van der Waals surface area contributed by atoms with E-state index in [4.69, 9.17) is 5.73 Å². The molecule has 0 spiro atoms. The second kappa shape index (κ2) is 5.52. The van der Waals surface area contributed by atoms with Crippen molar-refractivity contribution in [1.29, 1.82) is 0 Å². The molecule has 0 saturated heterocycles. The van der Waals surface area contributed by atoms with Crippen molar-refractivity contribution in [2.24, 2.45) is 5.73 Å². The molecule has 0 fully saturated rings. The van der Waals surface area contributed by atoms with Gasteiger partial charge in [0, 0.05) is 6.04 Å². The van der Waals surface area contributed by atoms with Gasteiger partial charge >= 0.3 is 0 Å². The minimum absolute atomic E-state index is 0.130. The number of aliphatic hydroxyl groups excluding tert-OH is 1.